The molecule has 2 amide bonds. The van der Waals surface area contributed by atoms with Gasteiger partial charge in [-0.15, -0.1) is 11.8 Å². The van der Waals surface area contributed by atoms with Gasteiger partial charge in [0.05, 0.1) is 5.37 Å². The average Bonchev–Trinajstić information content (AvgIpc) is 3.40. The van der Waals surface area contributed by atoms with Crippen molar-refractivity contribution in [2.45, 2.75) is 50.1 Å². The van der Waals surface area contributed by atoms with E-state index < -0.39 is 24.1 Å². The van der Waals surface area contributed by atoms with E-state index in [1.54, 1.807) is 6.92 Å². The summed E-state index contributed by atoms with van der Waals surface area (Å²) in [7, 11) is 0. The molecule has 1 aliphatic carbocycles. The van der Waals surface area contributed by atoms with Gasteiger partial charge in [-0.2, -0.15) is 0 Å². The molecule has 7 nitrogen and oxygen atoms in total. The normalized spacial score (nSPS) is 20.1. The molecule has 0 spiro atoms. The topological polar surface area (TPSA) is 95.9 Å². The molecule has 1 saturated heterocycles. The van der Waals surface area contributed by atoms with E-state index in [2.05, 4.69) is 17.4 Å². The second-order valence-corrected chi connectivity index (χ2v) is 9.44. The van der Waals surface area contributed by atoms with Crippen molar-refractivity contribution in [2.24, 2.45) is 0 Å². The first-order chi connectivity index (χ1) is 16.0. The van der Waals surface area contributed by atoms with E-state index in [1.165, 1.54) is 16.7 Å². The molecule has 1 aliphatic heterocycles. The lowest BCUT2D eigenvalue weighted by Gasteiger charge is -2.30. The van der Waals surface area contributed by atoms with Crippen LogP contribution >= 0.6 is 11.8 Å². The van der Waals surface area contributed by atoms with Crippen LogP contribution in [0.1, 0.15) is 43.7 Å². The lowest BCUT2D eigenvalue weighted by Crippen LogP contribution is -2.54. The van der Waals surface area contributed by atoms with Gasteiger partial charge in [0.15, 0.2) is 0 Å². The van der Waals surface area contributed by atoms with Crippen LogP contribution in [0.15, 0.2) is 48.5 Å². The predicted octanol–water partition coefficient (Wildman–Crippen LogP) is 4.07. The Hall–Kier alpha value is -3.00. The molecule has 1 heterocycles. The van der Waals surface area contributed by atoms with Gasteiger partial charge in [0.2, 0.25) is 5.91 Å². The highest BCUT2D eigenvalue weighted by atomic mass is 32.2. The van der Waals surface area contributed by atoms with E-state index in [0.29, 0.717) is 18.6 Å². The number of hydrogen-bond donors (Lipinski definition) is 2. The van der Waals surface area contributed by atoms with E-state index in [1.807, 2.05) is 43.3 Å². The molecule has 0 saturated carbocycles. The summed E-state index contributed by atoms with van der Waals surface area (Å²) >= 11 is 1.46. The zero-order valence-electron chi connectivity index (χ0n) is 18.7. The van der Waals surface area contributed by atoms with Gasteiger partial charge in [0.25, 0.3) is 0 Å². The molecule has 0 aromatic heterocycles. The molecule has 4 rings (SSSR count). The minimum Gasteiger partial charge on any atom is -0.480 e. The lowest BCUT2D eigenvalue weighted by molar-refractivity contribution is -0.150. The molecule has 2 aliphatic rings. The second-order valence-electron chi connectivity index (χ2n) is 8.23. The molecule has 2 aromatic rings. The van der Waals surface area contributed by atoms with Crippen molar-refractivity contribution in [1.82, 2.24) is 10.2 Å². The number of carboxylic acid groups (broad SMARTS) is 1. The number of amides is 2. The van der Waals surface area contributed by atoms with E-state index in [-0.39, 0.29) is 23.8 Å². The van der Waals surface area contributed by atoms with Crippen LogP contribution in [0, 0.1) is 0 Å². The number of aliphatic carboxylic acids is 1. The summed E-state index contributed by atoms with van der Waals surface area (Å²) in [5, 5.41) is 12.0. The molecule has 0 radical (unpaired) electrons. The summed E-state index contributed by atoms with van der Waals surface area (Å²) in [6, 6.07) is 14.4. The second kappa shape index (κ2) is 9.87. The van der Waals surface area contributed by atoms with Gasteiger partial charge in [0, 0.05) is 11.7 Å². The van der Waals surface area contributed by atoms with Crippen LogP contribution in [0.2, 0.25) is 0 Å². The number of thioether (sulfide) groups is 1. The first-order valence-electron chi connectivity index (χ1n) is 11.2. The molecule has 33 heavy (non-hydrogen) atoms. The first kappa shape index (κ1) is 23.2. The van der Waals surface area contributed by atoms with Crippen molar-refractivity contribution >= 4 is 29.7 Å². The average molecular weight is 469 g/mol. The number of fused-ring (bicyclic) bond motifs is 3. The minimum absolute atomic E-state index is 0.0743. The molecular formula is C25H28N2O5S. The number of ether oxygens (including phenoxy) is 1. The van der Waals surface area contributed by atoms with Crippen LogP contribution in [-0.2, 0) is 14.3 Å². The van der Waals surface area contributed by atoms with Crippen molar-refractivity contribution in [2.75, 3.05) is 12.4 Å². The van der Waals surface area contributed by atoms with E-state index in [9.17, 15) is 19.5 Å². The SMILES string of the molecule is CCC(NC(=O)OCC1c2ccccc2-c2ccccc21)C(=O)N1C(CC)SCC1C(=O)O. The Morgan fingerprint density at radius 1 is 1.09 bits per heavy atom. The number of hydrogen-bond acceptors (Lipinski definition) is 5. The Bertz CT molecular complexity index is 1010. The van der Waals surface area contributed by atoms with Crippen LogP contribution in [0.25, 0.3) is 11.1 Å². The molecule has 2 aromatic carbocycles. The number of nitrogens with one attached hydrogen (secondary N) is 1. The highest BCUT2D eigenvalue weighted by Gasteiger charge is 2.43. The Labute approximate surface area is 197 Å². The van der Waals surface area contributed by atoms with Gasteiger partial charge >= 0.3 is 12.1 Å². The quantitative estimate of drug-likeness (QED) is 0.636. The Morgan fingerprint density at radius 2 is 1.70 bits per heavy atom. The summed E-state index contributed by atoms with van der Waals surface area (Å²) in [5.41, 5.74) is 4.50. The fourth-order valence-electron chi connectivity index (χ4n) is 4.66. The monoisotopic (exact) mass is 468 g/mol. The van der Waals surface area contributed by atoms with Gasteiger partial charge in [-0.3, -0.25) is 4.79 Å². The lowest BCUT2D eigenvalue weighted by atomic mass is 9.98. The zero-order chi connectivity index (χ0) is 23.5. The van der Waals surface area contributed by atoms with Gasteiger partial charge in [-0.25, -0.2) is 9.59 Å². The van der Waals surface area contributed by atoms with Crippen LogP contribution in [0.4, 0.5) is 4.79 Å². The number of carboxylic acids is 1. The Kier molecular flexibility index (Phi) is 6.93. The number of benzene rings is 2. The number of carbonyl (C=O) groups is 3. The van der Waals surface area contributed by atoms with Crippen LogP contribution < -0.4 is 5.32 Å². The molecule has 3 unspecified atom stereocenters. The zero-order valence-corrected chi connectivity index (χ0v) is 19.5. The third kappa shape index (κ3) is 4.44. The van der Waals surface area contributed by atoms with Gasteiger partial charge in [-0.1, -0.05) is 62.4 Å². The summed E-state index contributed by atoms with van der Waals surface area (Å²) in [4.78, 5) is 38.9. The molecule has 1 fully saturated rings. The molecule has 174 valence electrons. The maximum absolute atomic E-state index is 13.2. The fourth-order valence-corrected chi connectivity index (χ4v) is 6.02. The number of carbonyl (C=O) groups excluding carboxylic acids is 2. The standard InChI is InChI=1S/C25H28N2O5S/c1-3-20(23(28)27-21(24(29)30)14-33-22(27)4-2)26-25(31)32-13-19-17-11-7-5-9-15(17)16-10-6-8-12-18(16)19/h5-12,19-22H,3-4,13-14H2,1-2H3,(H,26,31)(H,29,30). The smallest absolute Gasteiger partial charge is 0.407 e. The van der Waals surface area contributed by atoms with Gasteiger partial charge in [-0.05, 0) is 35.1 Å². The highest BCUT2D eigenvalue weighted by Crippen LogP contribution is 2.44. The van der Waals surface area contributed by atoms with Crippen LogP contribution in [0.3, 0.4) is 0 Å². The Morgan fingerprint density at radius 3 is 2.24 bits per heavy atom. The Balaban J connectivity index is 1.43. The maximum atomic E-state index is 13.2. The fraction of sp³-hybridized carbons (Fsp3) is 0.400. The van der Waals surface area contributed by atoms with E-state index in [0.717, 1.165) is 22.3 Å². The molecule has 0 bridgehead atoms. The first-order valence-corrected chi connectivity index (χ1v) is 12.3. The molecule has 8 heteroatoms. The maximum Gasteiger partial charge on any atom is 0.407 e. The van der Waals surface area contributed by atoms with Crippen LogP contribution in [0.5, 0.6) is 0 Å². The third-order valence-corrected chi connectivity index (χ3v) is 7.78. The van der Waals surface area contributed by atoms with Crippen molar-refractivity contribution in [3.63, 3.8) is 0 Å². The van der Waals surface area contributed by atoms with Crippen molar-refractivity contribution in [1.29, 1.82) is 0 Å². The van der Waals surface area contributed by atoms with E-state index in [4.69, 9.17) is 4.74 Å². The highest BCUT2D eigenvalue weighted by molar-refractivity contribution is 8.00. The van der Waals surface area contributed by atoms with Crippen molar-refractivity contribution in [3.8, 4) is 11.1 Å². The third-order valence-electron chi connectivity index (χ3n) is 6.32. The largest absolute Gasteiger partial charge is 0.480 e. The molecule has 3 atom stereocenters. The van der Waals surface area contributed by atoms with E-state index >= 15 is 0 Å². The summed E-state index contributed by atoms with van der Waals surface area (Å²) in [6.07, 6.45) is 0.304. The van der Waals surface area contributed by atoms with Gasteiger partial charge < -0.3 is 20.1 Å². The number of nitrogens with zero attached hydrogens (tertiary/aromatic N) is 1. The summed E-state index contributed by atoms with van der Waals surface area (Å²) < 4.78 is 5.57. The van der Waals surface area contributed by atoms with Crippen molar-refractivity contribution in [3.05, 3.63) is 59.7 Å². The minimum atomic E-state index is -1.03. The van der Waals surface area contributed by atoms with Gasteiger partial charge in [0.1, 0.15) is 18.7 Å². The predicted molar refractivity (Wildman–Crippen MR) is 127 cm³/mol. The summed E-state index contributed by atoms with van der Waals surface area (Å²) in [6.45, 7) is 3.85. The number of alkyl carbamates (subject to hydrolysis) is 1. The summed E-state index contributed by atoms with van der Waals surface area (Å²) in [5.74, 6) is -1.13. The number of rotatable bonds is 7. The molecule has 2 N–H and O–H groups in total. The van der Waals surface area contributed by atoms with Crippen molar-refractivity contribution < 1.29 is 24.2 Å². The molecular weight excluding hydrogens is 440 g/mol. The van der Waals surface area contributed by atoms with Crippen LogP contribution in [-0.4, -0.2) is 57.8 Å².